The van der Waals surface area contributed by atoms with E-state index in [9.17, 15) is 4.79 Å². The lowest BCUT2D eigenvalue weighted by molar-refractivity contribution is -0.144. The molecule has 0 bridgehead atoms. The van der Waals surface area contributed by atoms with E-state index in [1.165, 1.54) is 6.92 Å². The highest BCUT2D eigenvalue weighted by Gasteiger charge is 2.11. The molecule has 0 saturated heterocycles. The van der Waals surface area contributed by atoms with Crippen LogP contribution in [0.2, 0.25) is 5.02 Å². The van der Waals surface area contributed by atoms with Crippen molar-refractivity contribution in [2.75, 3.05) is 0 Å². The smallest absolute Gasteiger partial charge is 0.344 e. The molecule has 0 spiro atoms. The van der Waals surface area contributed by atoms with E-state index in [1.807, 2.05) is 31.2 Å². The average molecular weight is 318 g/mol. The second kappa shape index (κ2) is 7.09. The Labute approximate surface area is 134 Å². The van der Waals surface area contributed by atoms with Gasteiger partial charge in [-0.15, -0.1) is 0 Å². The van der Waals surface area contributed by atoms with Gasteiger partial charge in [0.05, 0.1) is 5.69 Å². The van der Waals surface area contributed by atoms with Crippen LogP contribution in [0.3, 0.4) is 0 Å². The van der Waals surface area contributed by atoms with Crippen LogP contribution in [0, 0.1) is 6.92 Å². The third kappa shape index (κ3) is 4.33. The molecule has 0 saturated carbocycles. The highest BCUT2D eigenvalue weighted by Crippen LogP contribution is 2.23. The first-order valence-corrected chi connectivity index (χ1v) is 7.13. The van der Waals surface area contributed by atoms with Crippen LogP contribution in [0.4, 0.5) is 5.69 Å². The number of carboxylic acid groups (broad SMARTS) is 1. The van der Waals surface area contributed by atoms with Gasteiger partial charge in [-0.1, -0.05) is 17.7 Å². The molecular weight excluding hydrogens is 302 g/mol. The number of halogens is 1. The highest BCUT2D eigenvalue weighted by atomic mass is 35.5. The van der Waals surface area contributed by atoms with Crippen LogP contribution in [-0.2, 0) is 4.79 Å². The van der Waals surface area contributed by atoms with Crippen LogP contribution in [0.15, 0.2) is 47.5 Å². The summed E-state index contributed by atoms with van der Waals surface area (Å²) in [5.41, 5.74) is 2.73. The molecule has 2 aromatic rings. The Bertz CT molecular complexity index is 696. The summed E-state index contributed by atoms with van der Waals surface area (Å²) in [6.07, 6.45) is 0.844. The van der Waals surface area contributed by atoms with E-state index >= 15 is 0 Å². The van der Waals surface area contributed by atoms with Crippen molar-refractivity contribution < 1.29 is 14.6 Å². The van der Waals surface area contributed by atoms with Gasteiger partial charge in [0.15, 0.2) is 6.10 Å². The van der Waals surface area contributed by atoms with Gasteiger partial charge in [0, 0.05) is 11.2 Å². The quantitative estimate of drug-likeness (QED) is 0.839. The summed E-state index contributed by atoms with van der Waals surface area (Å²) >= 11 is 5.95. The molecule has 4 nitrogen and oxygen atoms in total. The van der Waals surface area contributed by atoms with E-state index in [0.29, 0.717) is 10.8 Å². The van der Waals surface area contributed by atoms with Crippen molar-refractivity contribution in [1.82, 2.24) is 0 Å². The molecular formula is C17H16ClNO3. The number of carbonyl (C=O) groups is 1. The molecule has 0 aliphatic rings. The summed E-state index contributed by atoms with van der Waals surface area (Å²) < 4.78 is 5.27. The molecule has 0 aromatic heterocycles. The Morgan fingerprint density at radius 2 is 1.95 bits per heavy atom. The van der Waals surface area contributed by atoms with Crippen molar-refractivity contribution in [3.05, 3.63) is 58.6 Å². The molecule has 0 aliphatic heterocycles. The number of ether oxygens (including phenoxy) is 1. The summed E-state index contributed by atoms with van der Waals surface area (Å²) in [7, 11) is 0. The third-order valence-corrected chi connectivity index (χ3v) is 3.30. The number of hydrogen-bond donors (Lipinski definition) is 1. The Kier molecular flexibility index (Phi) is 5.17. The molecule has 0 unspecified atom stereocenters. The molecule has 0 aliphatic carbocycles. The van der Waals surface area contributed by atoms with Crippen LogP contribution in [0.25, 0.3) is 0 Å². The molecule has 0 heterocycles. The predicted molar refractivity (Wildman–Crippen MR) is 87.6 cm³/mol. The fourth-order valence-electron chi connectivity index (χ4n) is 1.75. The number of aryl methyl sites for hydroxylation is 1. The number of rotatable bonds is 5. The summed E-state index contributed by atoms with van der Waals surface area (Å²) in [5, 5.41) is 9.44. The number of aliphatic carboxylic acids is 1. The van der Waals surface area contributed by atoms with Crippen molar-refractivity contribution in [1.29, 1.82) is 0 Å². The van der Waals surface area contributed by atoms with Gasteiger partial charge in [-0.25, -0.2) is 4.79 Å². The minimum atomic E-state index is -0.998. The van der Waals surface area contributed by atoms with Crippen LogP contribution in [0.1, 0.15) is 18.1 Å². The molecule has 1 N–H and O–H groups in total. The Morgan fingerprint density at radius 1 is 1.27 bits per heavy atom. The summed E-state index contributed by atoms with van der Waals surface area (Å²) in [6, 6.07) is 12.6. The van der Waals surface area contributed by atoms with Crippen molar-refractivity contribution >= 4 is 29.5 Å². The van der Waals surface area contributed by atoms with Gasteiger partial charge in [0.2, 0.25) is 0 Å². The van der Waals surface area contributed by atoms with Crippen molar-refractivity contribution in [2.24, 2.45) is 4.99 Å². The fourth-order valence-corrected chi connectivity index (χ4v) is 1.92. The second-order valence-corrected chi connectivity index (χ2v) is 5.29. The minimum Gasteiger partial charge on any atom is -0.479 e. The van der Waals surface area contributed by atoms with E-state index < -0.39 is 12.1 Å². The van der Waals surface area contributed by atoms with Crippen LogP contribution in [0.5, 0.6) is 5.75 Å². The zero-order valence-corrected chi connectivity index (χ0v) is 13.0. The van der Waals surface area contributed by atoms with Crippen LogP contribution >= 0.6 is 11.6 Å². The van der Waals surface area contributed by atoms with Crippen molar-refractivity contribution in [2.45, 2.75) is 20.0 Å². The van der Waals surface area contributed by atoms with Gasteiger partial charge in [-0.2, -0.15) is 0 Å². The number of hydrogen-bond acceptors (Lipinski definition) is 3. The number of benzene rings is 2. The monoisotopic (exact) mass is 317 g/mol. The lowest BCUT2D eigenvalue weighted by Crippen LogP contribution is -2.22. The van der Waals surface area contributed by atoms with E-state index in [2.05, 4.69) is 4.99 Å². The molecule has 5 heteroatoms. The maximum atomic E-state index is 10.7. The lowest BCUT2D eigenvalue weighted by Gasteiger charge is -2.09. The lowest BCUT2D eigenvalue weighted by atomic mass is 10.2. The molecule has 0 fully saturated rings. The van der Waals surface area contributed by atoms with E-state index in [1.54, 1.807) is 24.4 Å². The topological polar surface area (TPSA) is 58.9 Å². The molecule has 2 aromatic carbocycles. The van der Waals surface area contributed by atoms with E-state index in [4.69, 9.17) is 21.4 Å². The maximum absolute atomic E-state index is 10.7. The van der Waals surface area contributed by atoms with Gasteiger partial charge in [-0.3, -0.25) is 4.99 Å². The van der Waals surface area contributed by atoms with Crippen LogP contribution < -0.4 is 4.74 Å². The van der Waals surface area contributed by atoms with Gasteiger partial charge in [0.1, 0.15) is 5.75 Å². The number of aliphatic imine (C=N–C) groups is 1. The first kappa shape index (κ1) is 16.0. The van der Waals surface area contributed by atoms with Gasteiger partial charge in [-0.05, 0) is 61.4 Å². The Balaban J connectivity index is 2.09. The molecule has 0 radical (unpaired) electrons. The summed E-state index contributed by atoms with van der Waals surface area (Å²) in [6.45, 7) is 3.45. The van der Waals surface area contributed by atoms with Gasteiger partial charge >= 0.3 is 5.97 Å². The minimum absolute atomic E-state index is 0.506. The Hall–Kier alpha value is -2.33. The second-order valence-electron chi connectivity index (χ2n) is 4.86. The first-order chi connectivity index (χ1) is 10.5. The maximum Gasteiger partial charge on any atom is 0.344 e. The molecule has 0 amide bonds. The van der Waals surface area contributed by atoms with Gasteiger partial charge < -0.3 is 9.84 Å². The first-order valence-electron chi connectivity index (χ1n) is 6.75. The van der Waals surface area contributed by atoms with Crippen LogP contribution in [-0.4, -0.2) is 23.4 Å². The van der Waals surface area contributed by atoms with E-state index in [0.717, 1.165) is 16.8 Å². The largest absolute Gasteiger partial charge is 0.479 e. The SMILES string of the molecule is Cc1ccc(Cl)cc1N=Cc1ccc(O[C@H](C)C(=O)O)cc1. The summed E-state index contributed by atoms with van der Waals surface area (Å²) in [4.78, 5) is 15.1. The Morgan fingerprint density at radius 3 is 2.59 bits per heavy atom. The molecule has 114 valence electrons. The average Bonchev–Trinajstić information content (AvgIpc) is 2.49. The summed E-state index contributed by atoms with van der Waals surface area (Å²) in [5.74, 6) is -0.493. The van der Waals surface area contributed by atoms with Crippen molar-refractivity contribution in [3.63, 3.8) is 0 Å². The molecule has 2 rings (SSSR count). The normalized spacial score (nSPS) is 12.3. The van der Waals surface area contributed by atoms with Crippen molar-refractivity contribution in [3.8, 4) is 5.75 Å². The van der Waals surface area contributed by atoms with E-state index in [-0.39, 0.29) is 0 Å². The fraction of sp³-hybridized carbons (Fsp3) is 0.176. The zero-order chi connectivity index (χ0) is 16.1. The third-order valence-electron chi connectivity index (χ3n) is 3.06. The highest BCUT2D eigenvalue weighted by molar-refractivity contribution is 6.30. The van der Waals surface area contributed by atoms with Gasteiger partial charge in [0.25, 0.3) is 0 Å². The molecule has 22 heavy (non-hydrogen) atoms. The zero-order valence-electron chi connectivity index (χ0n) is 12.3. The standard InChI is InChI=1S/C17H16ClNO3/c1-11-3-6-14(18)9-16(11)19-10-13-4-7-15(8-5-13)22-12(2)17(20)21/h3-10,12H,1-2H3,(H,20,21)/t12-/m1/s1. The number of nitrogens with zero attached hydrogens (tertiary/aromatic N) is 1. The number of carboxylic acids is 1. The molecule has 1 atom stereocenters. The predicted octanol–water partition coefficient (Wildman–Crippen LogP) is 4.25.